The summed E-state index contributed by atoms with van der Waals surface area (Å²) in [5.41, 5.74) is 0. The van der Waals surface area contributed by atoms with Gasteiger partial charge in [0.2, 0.25) is 0 Å². The van der Waals surface area contributed by atoms with Crippen molar-refractivity contribution in [2.24, 2.45) is 0 Å². The molecule has 7 heteroatoms. The third-order valence-electron chi connectivity index (χ3n) is 0.602. The minimum atomic E-state index is -4.15. The van der Waals surface area contributed by atoms with Gasteiger partial charge in [0.25, 0.3) is 0 Å². The van der Waals surface area contributed by atoms with E-state index in [0.717, 1.165) is 6.26 Å². The van der Waals surface area contributed by atoms with Crippen LogP contribution in [0.15, 0.2) is 12.3 Å². The summed E-state index contributed by atoms with van der Waals surface area (Å²) in [4.78, 5) is 0. The van der Waals surface area contributed by atoms with Crippen LogP contribution >= 0.6 is 34.8 Å². The molecule has 0 bridgehead atoms. The molecule has 0 aliphatic heterocycles. The first-order chi connectivity index (χ1) is 4.81. The van der Waals surface area contributed by atoms with E-state index in [2.05, 4.69) is 4.18 Å². The molecule has 0 spiro atoms. The van der Waals surface area contributed by atoms with Crippen LogP contribution in [0.25, 0.3) is 0 Å². The molecule has 0 unspecified atom stereocenters. The quantitative estimate of drug-likeness (QED) is 0.421. The summed E-state index contributed by atoms with van der Waals surface area (Å²) in [6.45, 7) is 1.56. The number of hydrogen-bond acceptors (Lipinski definition) is 3. The van der Waals surface area contributed by atoms with Gasteiger partial charge in [0.15, 0.2) is 0 Å². The lowest BCUT2D eigenvalue weighted by Crippen LogP contribution is -2.19. The van der Waals surface area contributed by atoms with E-state index in [4.69, 9.17) is 34.8 Å². The first-order valence-electron chi connectivity index (χ1n) is 2.42. The zero-order chi connectivity index (χ0) is 9.12. The van der Waals surface area contributed by atoms with E-state index in [1.807, 2.05) is 0 Å². The van der Waals surface area contributed by atoms with Gasteiger partial charge < -0.3 is 4.18 Å². The summed E-state index contributed by atoms with van der Waals surface area (Å²) < 4.78 is 23.2. The third kappa shape index (κ3) is 3.51. The fourth-order valence-electron chi connectivity index (χ4n) is 0.183. The zero-order valence-corrected chi connectivity index (χ0v) is 8.51. The molecule has 0 aromatic heterocycles. The summed E-state index contributed by atoms with van der Waals surface area (Å²) in [6.07, 6.45) is 2.27. The number of allylic oxidation sites excluding steroid dienone is 1. The normalized spacial score (nSPS) is 13.8. The van der Waals surface area contributed by atoms with Crippen molar-refractivity contribution < 1.29 is 12.6 Å². The molecule has 0 aliphatic rings. The van der Waals surface area contributed by atoms with Gasteiger partial charge in [-0.05, 0) is 6.92 Å². The van der Waals surface area contributed by atoms with Crippen molar-refractivity contribution in [1.29, 1.82) is 0 Å². The highest BCUT2D eigenvalue weighted by molar-refractivity contribution is 7.92. The number of rotatable bonds is 2. The highest BCUT2D eigenvalue weighted by Crippen LogP contribution is 2.33. The van der Waals surface area contributed by atoms with Gasteiger partial charge in [-0.15, -0.1) is 0 Å². The summed E-state index contributed by atoms with van der Waals surface area (Å²) in [5, 5.41) is 0. The molecule has 0 fully saturated rings. The van der Waals surface area contributed by atoms with E-state index in [9.17, 15) is 8.42 Å². The fourth-order valence-corrected chi connectivity index (χ4v) is 0.877. The molecule has 66 valence electrons. The Labute approximate surface area is 80.0 Å². The average molecular weight is 240 g/mol. The number of alkyl halides is 3. The van der Waals surface area contributed by atoms with Crippen LogP contribution in [0.2, 0.25) is 0 Å². The lowest BCUT2D eigenvalue weighted by atomic mass is 10.8. The Morgan fingerprint density at radius 3 is 2.09 bits per heavy atom. The van der Waals surface area contributed by atoms with Crippen molar-refractivity contribution in [1.82, 2.24) is 0 Å². The van der Waals surface area contributed by atoms with Crippen LogP contribution in [0, 0.1) is 0 Å². The Balaban J connectivity index is 4.50. The molecule has 3 nitrogen and oxygen atoms in total. The van der Waals surface area contributed by atoms with Gasteiger partial charge in [0, 0.05) is 0 Å². The molecule has 0 saturated heterocycles. The maximum absolute atomic E-state index is 10.7. The second-order valence-electron chi connectivity index (χ2n) is 1.47. The van der Waals surface area contributed by atoms with Crippen LogP contribution in [0.1, 0.15) is 6.92 Å². The molecular weight excluding hydrogens is 234 g/mol. The van der Waals surface area contributed by atoms with Gasteiger partial charge in [-0.3, -0.25) is 0 Å². The molecular formula is C4H5Cl3O3S. The zero-order valence-electron chi connectivity index (χ0n) is 5.42. The van der Waals surface area contributed by atoms with E-state index < -0.39 is 13.2 Å². The SMILES string of the molecule is C/C=C/OS(=O)(=O)C(Cl)(Cl)Cl. The van der Waals surface area contributed by atoms with E-state index in [-0.39, 0.29) is 0 Å². The fraction of sp³-hybridized carbons (Fsp3) is 0.500. The van der Waals surface area contributed by atoms with Crippen molar-refractivity contribution in [3.8, 4) is 0 Å². The van der Waals surface area contributed by atoms with Crippen LogP contribution in [0.5, 0.6) is 0 Å². The second-order valence-corrected chi connectivity index (χ2v) is 6.13. The first-order valence-corrected chi connectivity index (χ1v) is 4.96. The molecule has 0 saturated carbocycles. The molecule has 0 heterocycles. The van der Waals surface area contributed by atoms with Crippen LogP contribution < -0.4 is 0 Å². The largest absolute Gasteiger partial charge is 0.388 e. The Bertz CT molecular complexity index is 238. The molecule has 0 aliphatic carbocycles. The Morgan fingerprint density at radius 1 is 1.36 bits per heavy atom. The molecule has 0 aromatic rings. The predicted molar refractivity (Wildman–Crippen MR) is 45.1 cm³/mol. The van der Waals surface area contributed by atoms with Gasteiger partial charge in [-0.25, -0.2) is 0 Å². The lowest BCUT2D eigenvalue weighted by Gasteiger charge is -2.09. The lowest BCUT2D eigenvalue weighted by molar-refractivity contribution is 0.443. The smallest absolute Gasteiger partial charge is 0.358 e. The van der Waals surface area contributed by atoms with E-state index in [1.165, 1.54) is 6.08 Å². The minimum Gasteiger partial charge on any atom is -0.388 e. The highest BCUT2D eigenvalue weighted by Gasteiger charge is 2.39. The third-order valence-corrected chi connectivity index (χ3v) is 3.23. The number of hydrogen-bond donors (Lipinski definition) is 0. The van der Waals surface area contributed by atoms with Crippen molar-refractivity contribution in [2.45, 2.75) is 10.0 Å². The van der Waals surface area contributed by atoms with E-state index in [1.54, 1.807) is 6.92 Å². The highest BCUT2D eigenvalue weighted by atomic mass is 35.6. The van der Waals surface area contributed by atoms with Crippen LogP contribution in [0.4, 0.5) is 0 Å². The standard InChI is InChI=1S/C4H5Cl3O3S/c1-2-3-10-11(8,9)4(5,6)7/h2-3H,1H3/b3-2+. The van der Waals surface area contributed by atoms with Gasteiger partial charge in [-0.1, -0.05) is 40.9 Å². The Morgan fingerprint density at radius 2 is 1.82 bits per heavy atom. The van der Waals surface area contributed by atoms with Crippen LogP contribution in [-0.4, -0.2) is 11.5 Å². The summed E-state index contributed by atoms with van der Waals surface area (Å²) >= 11 is 15.1. The molecule has 0 atom stereocenters. The maximum atomic E-state index is 10.7. The van der Waals surface area contributed by atoms with E-state index >= 15 is 0 Å². The Hall–Kier alpha value is 0.360. The Kier molecular flexibility index (Phi) is 3.97. The first kappa shape index (κ1) is 11.4. The van der Waals surface area contributed by atoms with Gasteiger partial charge in [0.1, 0.15) is 6.26 Å². The monoisotopic (exact) mass is 238 g/mol. The maximum Gasteiger partial charge on any atom is 0.358 e. The van der Waals surface area contributed by atoms with Gasteiger partial charge in [0.05, 0.1) is 0 Å². The summed E-state index contributed by atoms with van der Waals surface area (Å²) in [7, 11) is -4.15. The summed E-state index contributed by atoms with van der Waals surface area (Å²) in [5.74, 6) is 0. The molecule has 0 amide bonds. The van der Waals surface area contributed by atoms with E-state index in [0.29, 0.717) is 0 Å². The topological polar surface area (TPSA) is 43.4 Å². The minimum absolute atomic E-state index is 0.914. The van der Waals surface area contributed by atoms with Crippen LogP contribution in [0.3, 0.4) is 0 Å². The number of halogens is 3. The predicted octanol–water partition coefficient (Wildman–Crippen LogP) is 2.19. The van der Waals surface area contributed by atoms with Crippen molar-refractivity contribution in [3.63, 3.8) is 0 Å². The molecule has 0 N–H and O–H groups in total. The second kappa shape index (κ2) is 3.85. The molecule has 0 aromatic carbocycles. The molecule has 11 heavy (non-hydrogen) atoms. The van der Waals surface area contributed by atoms with Gasteiger partial charge in [-0.2, -0.15) is 8.42 Å². The van der Waals surface area contributed by atoms with Crippen LogP contribution in [-0.2, 0) is 14.3 Å². The average Bonchev–Trinajstić information content (AvgIpc) is 1.81. The van der Waals surface area contributed by atoms with Crippen molar-refractivity contribution in [2.75, 3.05) is 0 Å². The summed E-state index contributed by atoms with van der Waals surface area (Å²) in [6, 6.07) is 0. The van der Waals surface area contributed by atoms with Crippen molar-refractivity contribution >= 4 is 44.9 Å². The molecule has 0 radical (unpaired) electrons. The molecule has 0 rings (SSSR count). The van der Waals surface area contributed by atoms with Gasteiger partial charge >= 0.3 is 13.2 Å². The van der Waals surface area contributed by atoms with Crippen molar-refractivity contribution in [3.05, 3.63) is 12.3 Å².